The first kappa shape index (κ1) is 26.7. The van der Waals surface area contributed by atoms with Crippen molar-refractivity contribution in [2.75, 3.05) is 49.6 Å². The van der Waals surface area contributed by atoms with Crippen LogP contribution in [0.15, 0.2) is 24.3 Å². The minimum Gasteiger partial charge on any atom is -0.444 e. The van der Waals surface area contributed by atoms with Crippen LogP contribution in [0.3, 0.4) is 0 Å². The van der Waals surface area contributed by atoms with E-state index in [1.807, 2.05) is 65.8 Å². The van der Waals surface area contributed by atoms with Gasteiger partial charge in [-0.2, -0.15) is 0 Å². The molecule has 0 aliphatic carbocycles. The lowest BCUT2D eigenvalue weighted by Crippen LogP contribution is -2.52. The third kappa shape index (κ3) is 5.95. The van der Waals surface area contributed by atoms with Gasteiger partial charge in [0.1, 0.15) is 11.4 Å². The first-order valence-corrected chi connectivity index (χ1v) is 12.9. The zero-order valence-corrected chi connectivity index (χ0v) is 22.7. The highest BCUT2D eigenvalue weighted by atomic mass is 16.6. The predicted molar refractivity (Wildman–Crippen MR) is 143 cm³/mol. The summed E-state index contributed by atoms with van der Waals surface area (Å²) in [4.78, 5) is 39.1. The summed E-state index contributed by atoms with van der Waals surface area (Å²) < 4.78 is 11.3. The van der Waals surface area contributed by atoms with E-state index in [4.69, 9.17) is 19.4 Å². The van der Waals surface area contributed by atoms with E-state index in [9.17, 15) is 9.59 Å². The Morgan fingerprint density at radius 1 is 1.08 bits per heavy atom. The van der Waals surface area contributed by atoms with Crippen LogP contribution in [0.4, 0.5) is 21.1 Å². The summed E-state index contributed by atoms with van der Waals surface area (Å²) in [5.41, 5.74) is 2.09. The maximum absolute atomic E-state index is 13.1. The molecule has 3 amide bonds. The van der Waals surface area contributed by atoms with Crippen molar-refractivity contribution in [3.8, 4) is 11.4 Å². The molecule has 2 aliphatic heterocycles. The monoisotopic (exact) mass is 510 g/mol. The average Bonchev–Trinajstić information content (AvgIpc) is 2.83. The minimum absolute atomic E-state index is 0.251. The Labute approximate surface area is 218 Å². The SMILES string of the molecule is CCNC(=O)Nc1ccc(-c2nc(N3CCOCC3)c3c(n2)C(C)(C)N(C(=O)OC(C)(C)C)CC3)cc1. The number of nitrogens with one attached hydrogen (secondary N) is 2. The normalized spacial score (nSPS) is 17.1. The highest BCUT2D eigenvalue weighted by Crippen LogP contribution is 2.39. The number of amides is 3. The Morgan fingerprint density at radius 3 is 2.38 bits per heavy atom. The van der Waals surface area contributed by atoms with Crippen molar-refractivity contribution in [2.45, 2.75) is 59.1 Å². The van der Waals surface area contributed by atoms with Gasteiger partial charge in [-0.25, -0.2) is 19.6 Å². The molecule has 0 atom stereocenters. The largest absolute Gasteiger partial charge is 0.444 e. The molecule has 200 valence electrons. The second-order valence-corrected chi connectivity index (χ2v) is 10.8. The van der Waals surface area contributed by atoms with E-state index in [0.29, 0.717) is 44.2 Å². The highest BCUT2D eigenvalue weighted by Gasteiger charge is 2.43. The Morgan fingerprint density at radius 2 is 1.76 bits per heavy atom. The first-order valence-electron chi connectivity index (χ1n) is 12.9. The van der Waals surface area contributed by atoms with Crippen molar-refractivity contribution in [2.24, 2.45) is 0 Å². The van der Waals surface area contributed by atoms with Gasteiger partial charge in [0.05, 0.1) is 24.4 Å². The van der Waals surface area contributed by atoms with Crippen LogP contribution in [0, 0.1) is 0 Å². The molecule has 10 heteroatoms. The van der Waals surface area contributed by atoms with Gasteiger partial charge in [-0.15, -0.1) is 0 Å². The Kier molecular flexibility index (Phi) is 7.59. The van der Waals surface area contributed by atoms with Crippen molar-refractivity contribution >= 4 is 23.6 Å². The molecule has 2 aliphatic rings. The average molecular weight is 511 g/mol. The molecule has 4 rings (SSSR count). The van der Waals surface area contributed by atoms with Crippen LogP contribution < -0.4 is 15.5 Å². The lowest BCUT2D eigenvalue weighted by molar-refractivity contribution is -0.00131. The maximum atomic E-state index is 13.1. The van der Waals surface area contributed by atoms with Gasteiger partial charge in [0, 0.05) is 43.0 Å². The zero-order chi connectivity index (χ0) is 26.8. The topological polar surface area (TPSA) is 109 Å². The van der Waals surface area contributed by atoms with Crippen LogP contribution in [-0.2, 0) is 21.4 Å². The predicted octanol–water partition coefficient (Wildman–Crippen LogP) is 4.15. The van der Waals surface area contributed by atoms with Crippen LogP contribution in [-0.4, -0.2) is 72.0 Å². The fourth-order valence-electron chi connectivity index (χ4n) is 4.68. The number of carbonyl (C=O) groups is 2. The molecule has 0 spiro atoms. The number of rotatable bonds is 4. The smallest absolute Gasteiger partial charge is 0.411 e. The summed E-state index contributed by atoms with van der Waals surface area (Å²) in [6.45, 7) is 15.3. The molecule has 0 radical (unpaired) electrons. The summed E-state index contributed by atoms with van der Waals surface area (Å²) in [6, 6.07) is 7.21. The van der Waals surface area contributed by atoms with E-state index < -0.39 is 11.1 Å². The number of ether oxygens (including phenoxy) is 2. The van der Waals surface area contributed by atoms with Crippen molar-refractivity contribution in [3.63, 3.8) is 0 Å². The summed E-state index contributed by atoms with van der Waals surface area (Å²) >= 11 is 0. The van der Waals surface area contributed by atoms with Gasteiger partial charge >= 0.3 is 12.1 Å². The van der Waals surface area contributed by atoms with E-state index >= 15 is 0 Å². The fourth-order valence-corrected chi connectivity index (χ4v) is 4.68. The molecule has 1 aromatic carbocycles. The third-order valence-corrected chi connectivity index (χ3v) is 6.49. The standard InChI is InChI=1S/C27H38N6O4/c1-7-28-24(34)29-19-10-8-18(9-11-19)22-30-21-20(23(31-22)32-14-16-36-17-15-32)12-13-33(27(21,5)6)25(35)37-26(2,3)4/h8-11H,7,12-17H2,1-6H3,(H2,28,29,34). The zero-order valence-electron chi connectivity index (χ0n) is 22.7. The van der Waals surface area contributed by atoms with Crippen molar-refractivity contribution in [1.82, 2.24) is 20.2 Å². The summed E-state index contributed by atoms with van der Waals surface area (Å²) in [5, 5.41) is 5.54. The van der Waals surface area contributed by atoms with E-state index in [0.717, 1.165) is 35.7 Å². The van der Waals surface area contributed by atoms with Crippen LogP contribution >= 0.6 is 0 Å². The number of anilines is 2. The van der Waals surface area contributed by atoms with Gasteiger partial charge in [-0.05, 0) is 72.2 Å². The summed E-state index contributed by atoms with van der Waals surface area (Å²) in [6.07, 6.45) is 0.289. The Hall–Kier alpha value is -3.40. The number of nitrogens with zero attached hydrogens (tertiary/aromatic N) is 4. The van der Waals surface area contributed by atoms with Gasteiger partial charge in [-0.1, -0.05) is 0 Å². The number of urea groups is 1. The van der Waals surface area contributed by atoms with E-state index in [1.165, 1.54) is 0 Å². The molecule has 10 nitrogen and oxygen atoms in total. The molecule has 3 heterocycles. The van der Waals surface area contributed by atoms with E-state index in [1.54, 1.807) is 4.90 Å². The van der Waals surface area contributed by atoms with Crippen LogP contribution in [0.5, 0.6) is 0 Å². The van der Waals surface area contributed by atoms with Crippen LogP contribution in [0.1, 0.15) is 52.8 Å². The van der Waals surface area contributed by atoms with Gasteiger partial charge in [-0.3, -0.25) is 4.90 Å². The molecule has 0 saturated carbocycles. The van der Waals surface area contributed by atoms with Crippen molar-refractivity contribution in [1.29, 1.82) is 0 Å². The van der Waals surface area contributed by atoms with Gasteiger partial charge in [0.25, 0.3) is 0 Å². The number of hydrogen-bond donors (Lipinski definition) is 2. The second-order valence-electron chi connectivity index (χ2n) is 10.8. The van der Waals surface area contributed by atoms with Gasteiger partial charge in [0.15, 0.2) is 5.82 Å². The lowest BCUT2D eigenvalue weighted by atomic mass is 9.87. The molecule has 37 heavy (non-hydrogen) atoms. The number of fused-ring (bicyclic) bond motifs is 1. The highest BCUT2D eigenvalue weighted by molar-refractivity contribution is 5.89. The molecule has 2 aromatic rings. The third-order valence-electron chi connectivity index (χ3n) is 6.49. The van der Waals surface area contributed by atoms with Crippen LogP contribution in [0.25, 0.3) is 11.4 Å². The molecular weight excluding hydrogens is 472 g/mol. The molecule has 0 bridgehead atoms. The van der Waals surface area contributed by atoms with Gasteiger partial charge in [0.2, 0.25) is 0 Å². The first-order chi connectivity index (χ1) is 17.5. The second kappa shape index (κ2) is 10.5. The van der Waals surface area contributed by atoms with Crippen LogP contribution in [0.2, 0.25) is 0 Å². The number of carbonyl (C=O) groups excluding carboxylic acids is 2. The quantitative estimate of drug-likeness (QED) is 0.636. The number of aromatic nitrogens is 2. The Bertz CT molecular complexity index is 1140. The van der Waals surface area contributed by atoms with Gasteiger partial charge < -0.3 is 25.0 Å². The fraction of sp³-hybridized carbons (Fsp3) is 0.556. The molecule has 1 saturated heterocycles. The van der Waals surface area contributed by atoms with Crippen molar-refractivity contribution < 1.29 is 19.1 Å². The van der Waals surface area contributed by atoms with E-state index in [2.05, 4.69) is 15.5 Å². The summed E-state index contributed by atoms with van der Waals surface area (Å²) in [5.74, 6) is 1.47. The molecule has 1 fully saturated rings. The van der Waals surface area contributed by atoms with Crippen molar-refractivity contribution in [3.05, 3.63) is 35.5 Å². The lowest BCUT2D eigenvalue weighted by Gasteiger charge is -2.44. The molecular formula is C27H38N6O4. The van der Waals surface area contributed by atoms with E-state index in [-0.39, 0.29) is 12.1 Å². The molecule has 0 unspecified atom stereocenters. The Balaban J connectivity index is 1.74. The number of hydrogen-bond acceptors (Lipinski definition) is 7. The minimum atomic E-state index is -0.700. The maximum Gasteiger partial charge on any atom is 0.411 e. The molecule has 1 aromatic heterocycles. The number of morpholine rings is 1. The molecule has 2 N–H and O–H groups in total. The number of benzene rings is 1. The summed E-state index contributed by atoms with van der Waals surface area (Å²) in [7, 11) is 0.